The highest BCUT2D eigenvalue weighted by Gasteiger charge is 2.27. The Bertz CT molecular complexity index is 1260. The van der Waals surface area contributed by atoms with E-state index in [1.807, 2.05) is 0 Å². The third-order valence-corrected chi connectivity index (χ3v) is 4.28. The van der Waals surface area contributed by atoms with Gasteiger partial charge >= 0.3 is 6.18 Å². The number of benzene rings is 1. The van der Waals surface area contributed by atoms with Crippen molar-refractivity contribution in [2.45, 2.75) is 6.18 Å². The molecule has 1 aromatic carbocycles. The van der Waals surface area contributed by atoms with Gasteiger partial charge in [-0.05, 0) is 35.9 Å². The van der Waals surface area contributed by atoms with Crippen molar-refractivity contribution >= 4 is 5.82 Å². The van der Waals surface area contributed by atoms with E-state index in [0.29, 0.717) is 11.1 Å². The van der Waals surface area contributed by atoms with Crippen LogP contribution in [0.1, 0.15) is 0 Å². The average Bonchev–Trinajstić information content (AvgIpc) is 3.18. The standard InChI is InChI=1S/C20H14F4N6O/c21-15-4-2-1-3-13(15)19-14(10-30(29-19)17-5-6-18(31)28-27-17)12-7-8-25-16(9-12)26-11-20(22,23)24/h1-10H,11H2,(H,25,26)(H,28,31). The van der Waals surface area contributed by atoms with Gasteiger partial charge < -0.3 is 5.32 Å². The van der Waals surface area contributed by atoms with Crippen LogP contribution in [-0.2, 0) is 0 Å². The summed E-state index contributed by atoms with van der Waals surface area (Å²) in [6.07, 6.45) is -1.52. The number of aromatic amines is 1. The number of hydrogen-bond acceptors (Lipinski definition) is 5. The fraction of sp³-hybridized carbons (Fsp3) is 0.100. The van der Waals surface area contributed by atoms with E-state index in [1.54, 1.807) is 18.3 Å². The minimum Gasteiger partial charge on any atom is -0.361 e. The van der Waals surface area contributed by atoms with Crippen LogP contribution in [0.3, 0.4) is 0 Å². The number of rotatable bonds is 5. The Morgan fingerprint density at radius 1 is 1.06 bits per heavy atom. The van der Waals surface area contributed by atoms with Crippen LogP contribution in [0.15, 0.2) is 65.7 Å². The number of alkyl halides is 3. The van der Waals surface area contributed by atoms with Crippen LogP contribution in [0.5, 0.6) is 0 Å². The summed E-state index contributed by atoms with van der Waals surface area (Å²) in [5.41, 5.74) is 0.950. The third kappa shape index (κ3) is 4.60. The number of hydrogen-bond donors (Lipinski definition) is 2. The van der Waals surface area contributed by atoms with Crippen molar-refractivity contribution in [2.24, 2.45) is 0 Å². The molecule has 4 rings (SSSR count). The summed E-state index contributed by atoms with van der Waals surface area (Å²) in [6, 6.07) is 11.7. The lowest BCUT2D eigenvalue weighted by Gasteiger charge is -2.10. The predicted molar refractivity (Wildman–Crippen MR) is 105 cm³/mol. The Morgan fingerprint density at radius 3 is 2.58 bits per heavy atom. The van der Waals surface area contributed by atoms with E-state index in [9.17, 15) is 22.4 Å². The molecule has 0 bridgehead atoms. The van der Waals surface area contributed by atoms with Gasteiger partial charge in [-0.15, -0.1) is 0 Å². The second-order valence-corrected chi connectivity index (χ2v) is 6.49. The minimum atomic E-state index is -4.41. The molecule has 3 aromatic heterocycles. The summed E-state index contributed by atoms with van der Waals surface area (Å²) in [5, 5.41) is 12.8. The molecule has 0 atom stereocenters. The lowest BCUT2D eigenvalue weighted by Crippen LogP contribution is -2.21. The second kappa shape index (κ2) is 8.01. The SMILES string of the molecule is O=c1ccc(-n2cc(-c3ccnc(NCC(F)(F)F)c3)c(-c3ccccc3F)n2)n[nH]1. The molecule has 31 heavy (non-hydrogen) atoms. The van der Waals surface area contributed by atoms with Crippen LogP contribution >= 0.6 is 0 Å². The Hall–Kier alpha value is -4.02. The van der Waals surface area contributed by atoms with Crippen molar-refractivity contribution in [1.29, 1.82) is 0 Å². The molecule has 0 saturated carbocycles. The summed E-state index contributed by atoms with van der Waals surface area (Å²) in [6.45, 7) is -1.25. The quantitative estimate of drug-likeness (QED) is 0.471. The van der Waals surface area contributed by atoms with Crippen LogP contribution in [0.2, 0.25) is 0 Å². The molecule has 0 radical (unpaired) electrons. The summed E-state index contributed by atoms with van der Waals surface area (Å²) >= 11 is 0. The molecular weight excluding hydrogens is 416 g/mol. The molecule has 4 aromatic rings. The molecule has 0 aliphatic carbocycles. The summed E-state index contributed by atoms with van der Waals surface area (Å²) < 4.78 is 53.5. The molecule has 0 aliphatic rings. The van der Waals surface area contributed by atoms with Crippen LogP contribution in [0.25, 0.3) is 28.2 Å². The Kier molecular flexibility index (Phi) is 5.24. The number of nitrogens with zero attached hydrogens (tertiary/aromatic N) is 4. The fourth-order valence-corrected chi connectivity index (χ4v) is 2.90. The molecule has 7 nitrogen and oxygen atoms in total. The number of nitrogens with one attached hydrogen (secondary N) is 2. The van der Waals surface area contributed by atoms with E-state index in [1.165, 1.54) is 47.3 Å². The Labute approximate surface area is 172 Å². The van der Waals surface area contributed by atoms with E-state index < -0.39 is 24.1 Å². The number of pyridine rings is 1. The molecule has 11 heteroatoms. The van der Waals surface area contributed by atoms with Gasteiger partial charge in [0.2, 0.25) is 0 Å². The maximum absolute atomic E-state index is 14.5. The first-order valence-electron chi connectivity index (χ1n) is 8.98. The van der Waals surface area contributed by atoms with E-state index >= 15 is 0 Å². The number of halogens is 4. The lowest BCUT2D eigenvalue weighted by atomic mass is 10.0. The molecule has 3 heterocycles. The zero-order chi connectivity index (χ0) is 22.0. The molecule has 0 amide bonds. The maximum Gasteiger partial charge on any atom is 0.405 e. The molecule has 0 unspecified atom stereocenters. The van der Waals surface area contributed by atoms with Crippen molar-refractivity contribution in [3.8, 4) is 28.2 Å². The predicted octanol–water partition coefficient (Wildman–Crippen LogP) is 3.80. The van der Waals surface area contributed by atoms with Crippen molar-refractivity contribution in [3.05, 3.63) is 77.1 Å². The van der Waals surface area contributed by atoms with Gasteiger partial charge in [-0.3, -0.25) is 4.79 Å². The highest BCUT2D eigenvalue weighted by Crippen LogP contribution is 2.34. The first-order chi connectivity index (χ1) is 14.8. The van der Waals surface area contributed by atoms with Crippen molar-refractivity contribution in [1.82, 2.24) is 25.0 Å². The van der Waals surface area contributed by atoms with Crippen molar-refractivity contribution in [3.63, 3.8) is 0 Å². The third-order valence-electron chi connectivity index (χ3n) is 4.28. The topological polar surface area (TPSA) is 88.5 Å². The molecule has 0 fully saturated rings. The zero-order valence-corrected chi connectivity index (χ0v) is 15.7. The van der Waals surface area contributed by atoms with Crippen molar-refractivity contribution in [2.75, 3.05) is 11.9 Å². The normalized spacial score (nSPS) is 11.5. The average molecular weight is 430 g/mol. The molecular formula is C20H14F4N6O. The molecule has 0 saturated heterocycles. The monoisotopic (exact) mass is 430 g/mol. The Balaban J connectivity index is 1.82. The van der Waals surface area contributed by atoms with Gasteiger partial charge in [-0.2, -0.15) is 23.4 Å². The smallest absolute Gasteiger partial charge is 0.361 e. The van der Waals surface area contributed by atoms with Crippen molar-refractivity contribution < 1.29 is 17.6 Å². The van der Waals surface area contributed by atoms with Gasteiger partial charge in [0.05, 0.1) is 0 Å². The first kappa shape index (κ1) is 20.3. The second-order valence-electron chi connectivity index (χ2n) is 6.49. The molecule has 0 aliphatic heterocycles. The largest absolute Gasteiger partial charge is 0.405 e. The minimum absolute atomic E-state index is 0.00391. The van der Waals surface area contributed by atoms with Crippen LogP contribution < -0.4 is 10.9 Å². The number of H-pyrrole nitrogens is 1. The van der Waals surface area contributed by atoms with Gasteiger partial charge in [-0.25, -0.2) is 19.2 Å². The van der Waals surface area contributed by atoms with Gasteiger partial charge in [0.25, 0.3) is 5.56 Å². The van der Waals surface area contributed by atoms with Crippen LogP contribution in [-0.4, -0.2) is 37.7 Å². The first-order valence-corrected chi connectivity index (χ1v) is 8.98. The highest BCUT2D eigenvalue weighted by molar-refractivity contribution is 5.81. The zero-order valence-electron chi connectivity index (χ0n) is 15.7. The van der Waals surface area contributed by atoms with E-state index in [4.69, 9.17) is 0 Å². The maximum atomic E-state index is 14.5. The van der Waals surface area contributed by atoms with Gasteiger partial charge in [0.15, 0.2) is 5.82 Å². The van der Waals surface area contributed by atoms with Gasteiger partial charge in [-0.1, -0.05) is 12.1 Å². The summed E-state index contributed by atoms with van der Waals surface area (Å²) in [4.78, 5) is 15.2. The van der Waals surface area contributed by atoms with Gasteiger partial charge in [0.1, 0.15) is 23.9 Å². The molecule has 2 N–H and O–H groups in total. The van der Waals surface area contributed by atoms with Gasteiger partial charge in [0, 0.05) is 29.6 Å². The summed E-state index contributed by atoms with van der Waals surface area (Å²) in [7, 11) is 0. The van der Waals surface area contributed by atoms with Crippen LogP contribution in [0, 0.1) is 5.82 Å². The Morgan fingerprint density at radius 2 is 1.87 bits per heavy atom. The summed E-state index contributed by atoms with van der Waals surface area (Å²) in [5.74, 6) is -0.245. The number of aromatic nitrogens is 5. The molecule has 0 spiro atoms. The van der Waals surface area contributed by atoms with E-state index in [2.05, 4.69) is 25.6 Å². The lowest BCUT2D eigenvalue weighted by molar-refractivity contribution is -0.115. The molecule has 158 valence electrons. The van der Waals surface area contributed by atoms with E-state index in [-0.39, 0.29) is 22.9 Å². The van der Waals surface area contributed by atoms with Crippen LogP contribution in [0.4, 0.5) is 23.4 Å². The fourth-order valence-electron chi connectivity index (χ4n) is 2.90. The highest BCUT2D eigenvalue weighted by atomic mass is 19.4. The van der Waals surface area contributed by atoms with E-state index in [0.717, 1.165) is 0 Å². The number of anilines is 1.